The standard InChI is InChI=1S/C18H30N2/c1-14-6-7-15(2)17(12-14)16(3)19-13-18(4)8-10-20(5)11-9-18/h6-7,12,16,19H,8-11,13H2,1-5H3. The van der Waals surface area contributed by atoms with Crippen molar-refractivity contribution in [3.63, 3.8) is 0 Å². The average molecular weight is 274 g/mol. The van der Waals surface area contributed by atoms with Crippen LogP contribution in [0.1, 0.15) is 49.4 Å². The van der Waals surface area contributed by atoms with Crippen molar-refractivity contribution >= 4 is 0 Å². The van der Waals surface area contributed by atoms with Crippen molar-refractivity contribution in [1.29, 1.82) is 0 Å². The van der Waals surface area contributed by atoms with Gasteiger partial charge in [0.2, 0.25) is 0 Å². The van der Waals surface area contributed by atoms with Crippen LogP contribution in [0.3, 0.4) is 0 Å². The fraction of sp³-hybridized carbons (Fsp3) is 0.667. The Hall–Kier alpha value is -0.860. The van der Waals surface area contributed by atoms with Gasteiger partial charge in [0, 0.05) is 12.6 Å². The van der Waals surface area contributed by atoms with Crippen molar-refractivity contribution in [3.8, 4) is 0 Å². The highest BCUT2D eigenvalue weighted by Gasteiger charge is 2.29. The Morgan fingerprint density at radius 1 is 1.25 bits per heavy atom. The van der Waals surface area contributed by atoms with E-state index in [1.165, 1.54) is 42.6 Å². The minimum absolute atomic E-state index is 0.436. The highest BCUT2D eigenvalue weighted by Crippen LogP contribution is 2.30. The predicted octanol–water partition coefficient (Wildman–Crippen LogP) is 3.69. The van der Waals surface area contributed by atoms with Gasteiger partial charge < -0.3 is 10.2 Å². The zero-order chi connectivity index (χ0) is 14.8. The Morgan fingerprint density at radius 3 is 2.55 bits per heavy atom. The molecular weight excluding hydrogens is 244 g/mol. The average Bonchev–Trinajstić information content (AvgIpc) is 2.43. The normalized spacial score (nSPS) is 20.9. The molecule has 1 fully saturated rings. The zero-order valence-corrected chi connectivity index (χ0v) is 13.8. The van der Waals surface area contributed by atoms with E-state index in [1.807, 2.05) is 0 Å². The van der Waals surface area contributed by atoms with E-state index in [4.69, 9.17) is 0 Å². The first-order valence-corrected chi connectivity index (χ1v) is 7.89. The minimum Gasteiger partial charge on any atom is -0.310 e. The van der Waals surface area contributed by atoms with Crippen LogP contribution in [0.15, 0.2) is 18.2 Å². The molecule has 1 unspecified atom stereocenters. The number of hydrogen-bond donors (Lipinski definition) is 1. The van der Waals surface area contributed by atoms with Crippen molar-refractivity contribution in [2.24, 2.45) is 5.41 Å². The monoisotopic (exact) mass is 274 g/mol. The molecular formula is C18H30N2. The summed E-state index contributed by atoms with van der Waals surface area (Å²) in [6.07, 6.45) is 2.60. The molecule has 112 valence electrons. The number of nitrogens with zero attached hydrogens (tertiary/aromatic N) is 1. The van der Waals surface area contributed by atoms with Crippen LogP contribution in [-0.2, 0) is 0 Å². The molecule has 1 aromatic carbocycles. The van der Waals surface area contributed by atoms with Crippen molar-refractivity contribution in [2.45, 2.75) is 46.6 Å². The second-order valence-corrected chi connectivity index (χ2v) is 7.08. The molecule has 1 heterocycles. The van der Waals surface area contributed by atoms with Crippen LogP contribution >= 0.6 is 0 Å². The fourth-order valence-corrected chi connectivity index (χ4v) is 3.07. The lowest BCUT2D eigenvalue weighted by molar-refractivity contribution is 0.134. The lowest BCUT2D eigenvalue weighted by Gasteiger charge is -2.39. The number of piperidine rings is 1. The Balaban J connectivity index is 1.95. The third kappa shape index (κ3) is 3.83. The summed E-state index contributed by atoms with van der Waals surface area (Å²) < 4.78 is 0. The predicted molar refractivity (Wildman–Crippen MR) is 87.2 cm³/mol. The molecule has 0 saturated carbocycles. The summed E-state index contributed by atoms with van der Waals surface area (Å²) in [4.78, 5) is 2.44. The SMILES string of the molecule is Cc1ccc(C)c(C(C)NCC2(C)CCN(C)CC2)c1. The smallest absolute Gasteiger partial charge is 0.0294 e. The summed E-state index contributed by atoms with van der Waals surface area (Å²) in [5.41, 5.74) is 4.65. The summed E-state index contributed by atoms with van der Waals surface area (Å²) >= 11 is 0. The Kier molecular flexibility index (Phi) is 4.87. The molecule has 0 radical (unpaired) electrons. The van der Waals surface area contributed by atoms with Gasteiger partial charge >= 0.3 is 0 Å². The Labute approximate surface area is 124 Å². The summed E-state index contributed by atoms with van der Waals surface area (Å²) in [5, 5.41) is 3.77. The van der Waals surface area contributed by atoms with E-state index in [0.29, 0.717) is 11.5 Å². The maximum atomic E-state index is 3.77. The first kappa shape index (κ1) is 15.5. The van der Waals surface area contributed by atoms with Gasteiger partial charge in [-0.2, -0.15) is 0 Å². The maximum absolute atomic E-state index is 3.77. The van der Waals surface area contributed by atoms with Crippen molar-refractivity contribution in [3.05, 3.63) is 34.9 Å². The minimum atomic E-state index is 0.436. The molecule has 0 spiro atoms. The Morgan fingerprint density at radius 2 is 1.90 bits per heavy atom. The van der Waals surface area contributed by atoms with Crippen LogP contribution in [0.2, 0.25) is 0 Å². The highest BCUT2D eigenvalue weighted by atomic mass is 15.1. The van der Waals surface area contributed by atoms with E-state index in [2.05, 4.69) is 63.2 Å². The van der Waals surface area contributed by atoms with Gasteiger partial charge in [-0.05, 0) is 70.3 Å². The van der Waals surface area contributed by atoms with Crippen LogP contribution in [0, 0.1) is 19.3 Å². The first-order chi connectivity index (χ1) is 9.39. The molecule has 2 rings (SSSR count). The second-order valence-electron chi connectivity index (χ2n) is 7.08. The van der Waals surface area contributed by atoms with Gasteiger partial charge in [0.15, 0.2) is 0 Å². The Bertz CT molecular complexity index is 445. The third-order valence-electron chi connectivity index (χ3n) is 4.93. The van der Waals surface area contributed by atoms with Gasteiger partial charge in [0.1, 0.15) is 0 Å². The lowest BCUT2D eigenvalue weighted by atomic mass is 9.80. The lowest BCUT2D eigenvalue weighted by Crippen LogP contribution is -2.42. The van der Waals surface area contributed by atoms with E-state index in [1.54, 1.807) is 0 Å². The summed E-state index contributed by atoms with van der Waals surface area (Å²) in [7, 11) is 2.23. The third-order valence-corrected chi connectivity index (χ3v) is 4.93. The van der Waals surface area contributed by atoms with Gasteiger partial charge in [-0.25, -0.2) is 0 Å². The molecule has 0 amide bonds. The van der Waals surface area contributed by atoms with Crippen LogP contribution < -0.4 is 5.32 Å². The molecule has 0 aromatic heterocycles. The van der Waals surface area contributed by atoms with Gasteiger partial charge in [0.25, 0.3) is 0 Å². The van der Waals surface area contributed by atoms with E-state index < -0.39 is 0 Å². The molecule has 1 N–H and O–H groups in total. The fourth-order valence-electron chi connectivity index (χ4n) is 3.07. The van der Waals surface area contributed by atoms with E-state index in [0.717, 1.165) is 6.54 Å². The van der Waals surface area contributed by atoms with Gasteiger partial charge in [-0.1, -0.05) is 30.7 Å². The molecule has 2 nitrogen and oxygen atoms in total. The molecule has 2 heteroatoms. The molecule has 1 aliphatic heterocycles. The number of aryl methyl sites for hydroxylation is 2. The topological polar surface area (TPSA) is 15.3 Å². The maximum Gasteiger partial charge on any atom is 0.0294 e. The van der Waals surface area contributed by atoms with Crippen molar-refractivity contribution in [2.75, 3.05) is 26.7 Å². The largest absolute Gasteiger partial charge is 0.310 e. The number of rotatable bonds is 4. The molecule has 1 aromatic rings. The van der Waals surface area contributed by atoms with Gasteiger partial charge in [0.05, 0.1) is 0 Å². The number of likely N-dealkylation sites (tertiary alicyclic amines) is 1. The molecule has 0 aliphatic carbocycles. The summed E-state index contributed by atoms with van der Waals surface area (Å²) in [6, 6.07) is 7.19. The van der Waals surface area contributed by atoms with Crippen molar-refractivity contribution in [1.82, 2.24) is 10.2 Å². The molecule has 1 saturated heterocycles. The summed E-state index contributed by atoms with van der Waals surface area (Å²) in [6.45, 7) is 12.7. The van der Waals surface area contributed by atoms with Gasteiger partial charge in [-0.15, -0.1) is 0 Å². The van der Waals surface area contributed by atoms with Crippen molar-refractivity contribution < 1.29 is 0 Å². The van der Waals surface area contributed by atoms with E-state index in [9.17, 15) is 0 Å². The van der Waals surface area contributed by atoms with E-state index >= 15 is 0 Å². The quantitative estimate of drug-likeness (QED) is 0.901. The first-order valence-electron chi connectivity index (χ1n) is 7.89. The zero-order valence-electron chi connectivity index (χ0n) is 13.8. The second kappa shape index (κ2) is 6.28. The summed E-state index contributed by atoms with van der Waals surface area (Å²) in [5.74, 6) is 0. The van der Waals surface area contributed by atoms with Crippen LogP contribution in [-0.4, -0.2) is 31.6 Å². The van der Waals surface area contributed by atoms with Crippen LogP contribution in [0.5, 0.6) is 0 Å². The molecule has 20 heavy (non-hydrogen) atoms. The highest BCUT2D eigenvalue weighted by molar-refractivity contribution is 5.32. The number of benzene rings is 1. The number of hydrogen-bond acceptors (Lipinski definition) is 2. The molecule has 0 bridgehead atoms. The van der Waals surface area contributed by atoms with Gasteiger partial charge in [-0.3, -0.25) is 0 Å². The van der Waals surface area contributed by atoms with E-state index in [-0.39, 0.29) is 0 Å². The van der Waals surface area contributed by atoms with Crippen LogP contribution in [0.4, 0.5) is 0 Å². The number of nitrogens with one attached hydrogen (secondary N) is 1. The van der Waals surface area contributed by atoms with Crippen LogP contribution in [0.25, 0.3) is 0 Å². The molecule has 1 atom stereocenters. The molecule has 1 aliphatic rings.